The molecule has 0 heterocycles. The molecule has 0 fully saturated rings. The molecule has 0 aliphatic rings. The van der Waals surface area contributed by atoms with Gasteiger partial charge in [-0.3, -0.25) is 4.79 Å². The van der Waals surface area contributed by atoms with E-state index in [1.807, 2.05) is 0 Å². The molecule has 1 rings (SSSR count). The van der Waals surface area contributed by atoms with Crippen LogP contribution in [-0.4, -0.2) is 39.8 Å². The number of carboxylic acid groups (broad SMARTS) is 1. The van der Waals surface area contributed by atoms with Crippen molar-refractivity contribution in [2.45, 2.75) is 25.6 Å². The first-order valence-electron chi connectivity index (χ1n) is 5.95. The Kier molecular flexibility index (Phi) is 5.94. The van der Waals surface area contributed by atoms with Crippen molar-refractivity contribution in [1.82, 2.24) is 5.32 Å². The van der Waals surface area contributed by atoms with Gasteiger partial charge in [0.1, 0.15) is 6.10 Å². The molecule has 1 aromatic carbocycles. The van der Waals surface area contributed by atoms with Gasteiger partial charge >= 0.3 is 5.97 Å². The molecule has 0 bridgehead atoms. The third kappa shape index (κ3) is 4.80. The molecule has 0 spiro atoms. The zero-order valence-corrected chi connectivity index (χ0v) is 11.6. The van der Waals surface area contributed by atoms with Gasteiger partial charge in [0.05, 0.1) is 11.7 Å². The summed E-state index contributed by atoms with van der Waals surface area (Å²) >= 11 is 5.78. The molecule has 0 radical (unpaired) electrons. The molecule has 0 aliphatic carbocycles. The normalized spacial score (nSPS) is 13.6. The van der Waals surface area contributed by atoms with Crippen molar-refractivity contribution in [3.05, 3.63) is 34.3 Å². The lowest BCUT2D eigenvalue weighted by molar-refractivity contribution is -0.119. The number of hydrogen-bond acceptors (Lipinski definition) is 4. The number of hydrogen-bond donors (Lipinski definition) is 4. The zero-order chi connectivity index (χ0) is 15.3. The zero-order valence-electron chi connectivity index (χ0n) is 10.8. The molecular formula is C13H16ClNO5. The molecule has 1 aromatic rings. The van der Waals surface area contributed by atoms with Crippen LogP contribution < -0.4 is 5.32 Å². The predicted molar refractivity (Wildman–Crippen MR) is 72.7 cm³/mol. The maximum atomic E-state index is 10.9. The molecule has 4 N–H and O–H groups in total. The standard InChI is InChI=1S/C13H16ClNO5/c1-7(16)15-3-2-11(17)12(18)8-4-9(13(19)20)6-10(14)5-8/h4-6,11-12,17-18H,2-3H2,1H3,(H,15,16)(H,19,20). The van der Waals surface area contributed by atoms with Gasteiger partial charge in [0, 0.05) is 18.5 Å². The second kappa shape index (κ2) is 7.23. The monoisotopic (exact) mass is 301 g/mol. The van der Waals surface area contributed by atoms with Crippen LogP contribution in [0.5, 0.6) is 0 Å². The summed E-state index contributed by atoms with van der Waals surface area (Å²) in [6, 6.07) is 3.89. The topological polar surface area (TPSA) is 107 Å². The Balaban J connectivity index is 2.77. The van der Waals surface area contributed by atoms with Crippen molar-refractivity contribution in [2.75, 3.05) is 6.54 Å². The Hall–Kier alpha value is -1.63. The fraction of sp³-hybridized carbons (Fsp3) is 0.385. The lowest BCUT2D eigenvalue weighted by atomic mass is 10.00. The summed E-state index contributed by atoms with van der Waals surface area (Å²) in [5, 5.41) is 31.3. The van der Waals surface area contributed by atoms with Crippen LogP contribution in [0.25, 0.3) is 0 Å². The van der Waals surface area contributed by atoms with Gasteiger partial charge in [-0.25, -0.2) is 4.79 Å². The van der Waals surface area contributed by atoms with Gasteiger partial charge in [-0.2, -0.15) is 0 Å². The number of nitrogens with one attached hydrogen (secondary N) is 1. The highest BCUT2D eigenvalue weighted by molar-refractivity contribution is 6.31. The molecule has 0 aromatic heterocycles. The van der Waals surface area contributed by atoms with Crippen LogP contribution in [0.3, 0.4) is 0 Å². The van der Waals surface area contributed by atoms with Crippen LogP contribution in [0.2, 0.25) is 5.02 Å². The Bertz CT molecular complexity index is 506. The van der Waals surface area contributed by atoms with Gasteiger partial charge in [-0.05, 0) is 30.2 Å². The van der Waals surface area contributed by atoms with Crippen molar-refractivity contribution < 1.29 is 24.9 Å². The molecule has 110 valence electrons. The summed E-state index contributed by atoms with van der Waals surface area (Å²) in [6.07, 6.45) is -2.28. The van der Waals surface area contributed by atoms with Gasteiger partial charge in [-0.1, -0.05) is 11.6 Å². The molecule has 2 unspecified atom stereocenters. The number of aromatic carboxylic acids is 1. The third-order valence-corrected chi connectivity index (χ3v) is 2.91. The summed E-state index contributed by atoms with van der Waals surface area (Å²) in [5.41, 5.74) is 0.144. The lowest BCUT2D eigenvalue weighted by Crippen LogP contribution is -2.27. The van der Waals surface area contributed by atoms with E-state index in [4.69, 9.17) is 16.7 Å². The highest BCUT2D eigenvalue weighted by Gasteiger charge is 2.20. The van der Waals surface area contributed by atoms with E-state index in [1.54, 1.807) is 0 Å². The molecule has 2 atom stereocenters. The van der Waals surface area contributed by atoms with Crippen LogP contribution in [0.4, 0.5) is 0 Å². The smallest absolute Gasteiger partial charge is 0.335 e. The number of halogens is 1. The fourth-order valence-corrected chi connectivity index (χ4v) is 1.93. The quantitative estimate of drug-likeness (QED) is 0.626. The van der Waals surface area contributed by atoms with Gasteiger partial charge < -0.3 is 20.6 Å². The second-order valence-corrected chi connectivity index (χ2v) is 4.80. The summed E-state index contributed by atoms with van der Waals surface area (Å²) in [5.74, 6) is -1.41. The number of carbonyl (C=O) groups excluding carboxylic acids is 1. The number of rotatable bonds is 6. The van der Waals surface area contributed by atoms with Crippen molar-refractivity contribution >= 4 is 23.5 Å². The van der Waals surface area contributed by atoms with Crippen molar-refractivity contribution in [2.24, 2.45) is 0 Å². The number of carbonyl (C=O) groups is 2. The number of aliphatic hydroxyl groups is 2. The average Bonchev–Trinajstić information content (AvgIpc) is 2.36. The molecule has 0 saturated heterocycles. The SMILES string of the molecule is CC(=O)NCCC(O)C(O)c1cc(Cl)cc(C(=O)O)c1. The van der Waals surface area contributed by atoms with Gasteiger partial charge in [-0.15, -0.1) is 0 Å². The minimum Gasteiger partial charge on any atom is -0.478 e. The van der Waals surface area contributed by atoms with Crippen molar-refractivity contribution in [3.63, 3.8) is 0 Å². The Morgan fingerprint density at radius 3 is 2.50 bits per heavy atom. The average molecular weight is 302 g/mol. The highest BCUT2D eigenvalue weighted by atomic mass is 35.5. The van der Waals surface area contributed by atoms with E-state index in [-0.39, 0.29) is 35.0 Å². The summed E-state index contributed by atoms with van der Waals surface area (Å²) < 4.78 is 0. The number of carboxylic acids is 1. The van der Waals surface area contributed by atoms with Crippen LogP contribution in [0, 0.1) is 0 Å². The van der Waals surface area contributed by atoms with E-state index < -0.39 is 18.2 Å². The van der Waals surface area contributed by atoms with Crippen LogP contribution >= 0.6 is 11.6 Å². The Morgan fingerprint density at radius 2 is 1.95 bits per heavy atom. The van der Waals surface area contributed by atoms with E-state index in [0.29, 0.717) is 0 Å². The largest absolute Gasteiger partial charge is 0.478 e. The molecule has 6 nitrogen and oxygen atoms in total. The van der Waals surface area contributed by atoms with E-state index in [9.17, 15) is 19.8 Å². The van der Waals surface area contributed by atoms with Crippen molar-refractivity contribution in [1.29, 1.82) is 0 Å². The van der Waals surface area contributed by atoms with E-state index >= 15 is 0 Å². The van der Waals surface area contributed by atoms with Crippen LogP contribution in [0.1, 0.15) is 35.4 Å². The molecule has 0 aliphatic heterocycles. The van der Waals surface area contributed by atoms with E-state index in [1.165, 1.54) is 25.1 Å². The number of amides is 1. The van der Waals surface area contributed by atoms with Gasteiger partial charge in [0.2, 0.25) is 5.91 Å². The van der Waals surface area contributed by atoms with Gasteiger partial charge in [0.15, 0.2) is 0 Å². The predicted octanol–water partition coefficient (Wildman–Crippen LogP) is 0.959. The lowest BCUT2D eigenvalue weighted by Gasteiger charge is -2.19. The second-order valence-electron chi connectivity index (χ2n) is 4.36. The van der Waals surface area contributed by atoms with E-state index in [0.717, 1.165) is 0 Å². The van der Waals surface area contributed by atoms with Crippen LogP contribution in [0.15, 0.2) is 18.2 Å². The maximum Gasteiger partial charge on any atom is 0.335 e. The van der Waals surface area contributed by atoms with Gasteiger partial charge in [0.25, 0.3) is 0 Å². The first kappa shape index (κ1) is 16.4. The minimum absolute atomic E-state index is 0.0689. The maximum absolute atomic E-state index is 10.9. The first-order chi connectivity index (χ1) is 9.31. The first-order valence-corrected chi connectivity index (χ1v) is 6.33. The Labute approximate surface area is 121 Å². The highest BCUT2D eigenvalue weighted by Crippen LogP contribution is 2.24. The van der Waals surface area contributed by atoms with E-state index in [2.05, 4.69) is 5.32 Å². The molecule has 20 heavy (non-hydrogen) atoms. The minimum atomic E-state index is -1.28. The third-order valence-electron chi connectivity index (χ3n) is 2.69. The molecule has 7 heteroatoms. The fourth-order valence-electron chi connectivity index (χ4n) is 1.68. The summed E-state index contributed by atoms with van der Waals surface area (Å²) in [6.45, 7) is 1.55. The Morgan fingerprint density at radius 1 is 1.30 bits per heavy atom. The molecule has 1 amide bonds. The summed E-state index contributed by atoms with van der Waals surface area (Å²) in [7, 11) is 0. The van der Waals surface area contributed by atoms with Crippen LogP contribution in [-0.2, 0) is 4.79 Å². The summed E-state index contributed by atoms with van der Waals surface area (Å²) in [4.78, 5) is 21.6. The number of benzene rings is 1. The number of aliphatic hydroxyl groups excluding tert-OH is 2. The van der Waals surface area contributed by atoms with Crippen molar-refractivity contribution in [3.8, 4) is 0 Å². The molecule has 0 saturated carbocycles. The molecular weight excluding hydrogens is 286 g/mol.